The number of nitrogens with zero attached hydrogens (tertiary/aromatic N) is 2. The molecule has 7 nitrogen and oxygen atoms in total. The van der Waals surface area contributed by atoms with Gasteiger partial charge in [0.1, 0.15) is 11.9 Å². The third-order valence-corrected chi connectivity index (χ3v) is 6.31. The van der Waals surface area contributed by atoms with Gasteiger partial charge in [0.05, 0.1) is 11.9 Å². The van der Waals surface area contributed by atoms with E-state index in [-0.39, 0.29) is 43.4 Å². The number of amides is 2. The first-order chi connectivity index (χ1) is 15.8. The second-order valence-corrected chi connectivity index (χ2v) is 11.2. The van der Waals surface area contributed by atoms with Crippen LogP contribution in [0.1, 0.15) is 46.1 Å². The fourth-order valence-electron chi connectivity index (χ4n) is 3.47. The van der Waals surface area contributed by atoms with E-state index in [4.69, 9.17) is 0 Å². The standard InChI is InChI=1S/C25H34FN3O4S/c1-19(24(31)27-25(2,3)4)28(18-20-12-7-6-8-13-20)23(30)16-11-17-29(34(5,32)33)22-15-10-9-14-21(22)26/h6-10,12-15,19H,11,16-18H2,1-5H3,(H,27,31)/t19-/m1/s1. The summed E-state index contributed by atoms with van der Waals surface area (Å²) in [4.78, 5) is 27.5. The van der Waals surface area contributed by atoms with Crippen LogP contribution in [0, 0.1) is 5.82 Å². The molecular weight excluding hydrogens is 457 g/mol. The van der Waals surface area contributed by atoms with E-state index in [1.165, 1.54) is 23.1 Å². The number of hydrogen-bond acceptors (Lipinski definition) is 4. The number of rotatable bonds is 10. The van der Waals surface area contributed by atoms with E-state index in [1.54, 1.807) is 13.0 Å². The van der Waals surface area contributed by atoms with Crippen LogP contribution in [0.25, 0.3) is 0 Å². The van der Waals surface area contributed by atoms with Crippen LogP contribution in [0.2, 0.25) is 0 Å². The van der Waals surface area contributed by atoms with E-state index in [0.29, 0.717) is 0 Å². The summed E-state index contributed by atoms with van der Waals surface area (Å²) in [6.45, 7) is 7.44. The average Bonchev–Trinajstić information content (AvgIpc) is 2.74. The van der Waals surface area contributed by atoms with Crippen molar-refractivity contribution in [2.45, 2.75) is 58.7 Å². The molecule has 2 aromatic carbocycles. The molecule has 0 unspecified atom stereocenters. The number of carbonyl (C=O) groups is 2. The van der Waals surface area contributed by atoms with Crippen LogP contribution >= 0.6 is 0 Å². The molecule has 0 fully saturated rings. The highest BCUT2D eigenvalue weighted by Gasteiger charge is 2.28. The van der Waals surface area contributed by atoms with Crippen molar-refractivity contribution in [2.75, 3.05) is 17.1 Å². The first-order valence-electron chi connectivity index (χ1n) is 11.2. The molecule has 0 aliphatic heterocycles. The quantitative estimate of drug-likeness (QED) is 0.549. The van der Waals surface area contributed by atoms with Gasteiger partial charge in [-0.2, -0.15) is 0 Å². The van der Waals surface area contributed by atoms with Crippen molar-refractivity contribution in [2.24, 2.45) is 0 Å². The van der Waals surface area contributed by atoms with Crippen LogP contribution in [-0.4, -0.2) is 49.5 Å². The van der Waals surface area contributed by atoms with Crippen molar-refractivity contribution in [3.8, 4) is 0 Å². The maximum Gasteiger partial charge on any atom is 0.242 e. The zero-order valence-electron chi connectivity index (χ0n) is 20.4. The lowest BCUT2D eigenvalue weighted by molar-refractivity contribution is -0.141. The molecule has 0 heterocycles. The molecular formula is C25H34FN3O4S. The Morgan fingerprint density at radius 3 is 2.18 bits per heavy atom. The van der Waals surface area contributed by atoms with Crippen molar-refractivity contribution < 1.29 is 22.4 Å². The fraction of sp³-hybridized carbons (Fsp3) is 0.440. The average molecular weight is 492 g/mol. The molecule has 1 N–H and O–H groups in total. The normalized spacial score (nSPS) is 12.6. The highest BCUT2D eigenvalue weighted by atomic mass is 32.2. The molecule has 0 radical (unpaired) electrons. The number of para-hydroxylation sites is 1. The molecule has 0 bridgehead atoms. The largest absolute Gasteiger partial charge is 0.350 e. The Bertz CT molecular complexity index is 1080. The summed E-state index contributed by atoms with van der Waals surface area (Å²) in [5.74, 6) is -1.22. The smallest absolute Gasteiger partial charge is 0.242 e. The molecule has 2 rings (SSSR count). The summed E-state index contributed by atoms with van der Waals surface area (Å²) < 4.78 is 39.7. The second-order valence-electron chi connectivity index (χ2n) is 9.31. The van der Waals surface area contributed by atoms with Gasteiger partial charge in [0.25, 0.3) is 0 Å². The van der Waals surface area contributed by atoms with Gasteiger partial charge in [-0.1, -0.05) is 42.5 Å². The predicted octanol–water partition coefficient (Wildman–Crippen LogP) is 3.70. The van der Waals surface area contributed by atoms with Crippen LogP contribution in [-0.2, 0) is 26.2 Å². The zero-order chi connectivity index (χ0) is 25.5. The summed E-state index contributed by atoms with van der Waals surface area (Å²) in [6, 6.07) is 14.2. The van der Waals surface area contributed by atoms with Crippen molar-refractivity contribution in [1.29, 1.82) is 0 Å². The summed E-state index contributed by atoms with van der Waals surface area (Å²) in [7, 11) is -3.75. The number of hydrogen-bond donors (Lipinski definition) is 1. The first-order valence-corrected chi connectivity index (χ1v) is 13.0. The molecule has 2 amide bonds. The van der Waals surface area contributed by atoms with Crippen molar-refractivity contribution in [3.63, 3.8) is 0 Å². The molecule has 1 atom stereocenters. The van der Waals surface area contributed by atoms with Gasteiger partial charge in [0.2, 0.25) is 21.8 Å². The van der Waals surface area contributed by atoms with Gasteiger partial charge in [0, 0.05) is 25.0 Å². The van der Waals surface area contributed by atoms with Crippen molar-refractivity contribution >= 4 is 27.5 Å². The highest BCUT2D eigenvalue weighted by molar-refractivity contribution is 7.92. The predicted molar refractivity (Wildman–Crippen MR) is 132 cm³/mol. The summed E-state index contributed by atoms with van der Waals surface area (Å²) in [6.07, 6.45) is 1.17. The maximum atomic E-state index is 14.2. The first kappa shape index (κ1) is 27.3. The lowest BCUT2D eigenvalue weighted by Crippen LogP contribution is -2.52. The molecule has 0 aliphatic rings. The van der Waals surface area contributed by atoms with Crippen molar-refractivity contribution in [1.82, 2.24) is 10.2 Å². The summed E-state index contributed by atoms with van der Waals surface area (Å²) in [5, 5.41) is 2.90. The van der Waals surface area contributed by atoms with Gasteiger partial charge >= 0.3 is 0 Å². The number of benzene rings is 2. The highest BCUT2D eigenvalue weighted by Crippen LogP contribution is 2.22. The third kappa shape index (κ3) is 8.13. The van der Waals surface area contributed by atoms with Crippen molar-refractivity contribution in [3.05, 3.63) is 66.0 Å². The lowest BCUT2D eigenvalue weighted by Gasteiger charge is -2.32. The molecule has 2 aromatic rings. The minimum atomic E-state index is -3.75. The molecule has 0 saturated heterocycles. The number of anilines is 1. The Morgan fingerprint density at radius 2 is 1.62 bits per heavy atom. The molecule has 0 aliphatic carbocycles. The van der Waals surface area contributed by atoms with Gasteiger partial charge in [-0.05, 0) is 51.8 Å². The Balaban J connectivity index is 2.17. The second kappa shape index (κ2) is 11.5. The molecule has 0 spiro atoms. The van der Waals surface area contributed by atoms with Crippen LogP contribution < -0.4 is 9.62 Å². The lowest BCUT2D eigenvalue weighted by atomic mass is 10.1. The number of sulfonamides is 1. The van der Waals surface area contributed by atoms with Crippen LogP contribution in [0.5, 0.6) is 0 Å². The SMILES string of the molecule is C[C@H](C(=O)NC(C)(C)C)N(Cc1ccccc1)C(=O)CCCN(c1ccccc1F)S(C)(=O)=O. The van der Waals surface area contributed by atoms with Crippen LogP contribution in [0.4, 0.5) is 10.1 Å². The zero-order valence-corrected chi connectivity index (χ0v) is 21.2. The van der Waals surface area contributed by atoms with Gasteiger partial charge in [-0.25, -0.2) is 12.8 Å². The number of carbonyl (C=O) groups excluding carboxylic acids is 2. The van der Waals surface area contributed by atoms with E-state index < -0.39 is 27.4 Å². The molecule has 34 heavy (non-hydrogen) atoms. The van der Waals surface area contributed by atoms with E-state index in [1.807, 2.05) is 51.1 Å². The van der Waals surface area contributed by atoms with Crippen LogP contribution in [0.3, 0.4) is 0 Å². The Kier molecular flexibility index (Phi) is 9.21. The summed E-state index contributed by atoms with van der Waals surface area (Å²) >= 11 is 0. The Hall–Kier alpha value is -2.94. The molecule has 9 heteroatoms. The van der Waals surface area contributed by atoms with E-state index in [9.17, 15) is 22.4 Å². The van der Waals surface area contributed by atoms with E-state index in [2.05, 4.69) is 5.32 Å². The number of halogens is 1. The van der Waals surface area contributed by atoms with E-state index >= 15 is 0 Å². The van der Waals surface area contributed by atoms with E-state index in [0.717, 1.165) is 16.1 Å². The van der Waals surface area contributed by atoms with Gasteiger partial charge < -0.3 is 10.2 Å². The van der Waals surface area contributed by atoms with Crippen LogP contribution in [0.15, 0.2) is 54.6 Å². The summed E-state index contributed by atoms with van der Waals surface area (Å²) in [5.41, 5.74) is 0.356. The molecule has 0 aromatic heterocycles. The number of nitrogens with one attached hydrogen (secondary N) is 1. The van der Waals surface area contributed by atoms with Gasteiger partial charge in [0.15, 0.2) is 0 Å². The Labute approximate surface area is 202 Å². The molecule has 0 saturated carbocycles. The third-order valence-electron chi connectivity index (χ3n) is 5.13. The minimum absolute atomic E-state index is 0.000441. The Morgan fingerprint density at radius 1 is 1.03 bits per heavy atom. The molecule has 186 valence electrons. The topological polar surface area (TPSA) is 86.8 Å². The van der Waals surface area contributed by atoms with Gasteiger partial charge in [-0.15, -0.1) is 0 Å². The van der Waals surface area contributed by atoms with Gasteiger partial charge in [-0.3, -0.25) is 13.9 Å². The maximum absolute atomic E-state index is 14.2. The monoisotopic (exact) mass is 491 g/mol. The minimum Gasteiger partial charge on any atom is -0.350 e. The fourth-order valence-corrected chi connectivity index (χ4v) is 4.44.